The molecule has 1 fully saturated rings. The molecular formula is C14H19IO2. The molecule has 0 aromatic heterocycles. The summed E-state index contributed by atoms with van der Waals surface area (Å²) in [4.78, 5) is 0. The van der Waals surface area contributed by atoms with E-state index in [1.54, 1.807) is 0 Å². The molecule has 1 heterocycles. The summed E-state index contributed by atoms with van der Waals surface area (Å²) in [5.74, 6) is 0. The summed E-state index contributed by atoms with van der Waals surface area (Å²) >= 11 is 2.38. The second kappa shape index (κ2) is 6.71. The van der Waals surface area contributed by atoms with Crippen molar-refractivity contribution in [3.63, 3.8) is 0 Å². The number of aryl methyl sites for hydroxylation is 1. The number of alkyl halides is 1. The fraction of sp³-hybridized carbons (Fsp3) is 0.571. The third-order valence-electron chi connectivity index (χ3n) is 3.10. The van der Waals surface area contributed by atoms with Crippen molar-refractivity contribution in [3.8, 4) is 0 Å². The van der Waals surface area contributed by atoms with Crippen LogP contribution in [0.25, 0.3) is 0 Å². The van der Waals surface area contributed by atoms with E-state index >= 15 is 0 Å². The number of hydrogen-bond donors (Lipinski definition) is 0. The first-order valence-electron chi connectivity index (χ1n) is 6.15. The fourth-order valence-corrected chi connectivity index (χ4v) is 2.77. The minimum absolute atomic E-state index is 0.195. The van der Waals surface area contributed by atoms with Crippen molar-refractivity contribution < 1.29 is 9.47 Å². The van der Waals surface area contributed by atoms with E-state index in [0.717, 1.165) is 24.1 Å². The zero-order valence-corrected chi connectivity index (χ0v) is 12.4. The quantitative estimate of drug-likeness (QED) is 0.598. The Labute approximate surface area is 117 Å². The highest BCUT2D eigenvalue weighted by molar-refractivity contribution is 14.1. The van der Waals surface area contributed by atoms with Crippen molar-refractivity contribution >= 4 is 22.6 Å². The molecule has 0 radical (unpaired) electrons. The molecule has 2 atom stereocenters. The SMILES string of the molecule is Cc1ccc(C(CI)OCC2CCCO2)cc1. The molecular weight excluding hydrogens is 327 g/mol. The first-order chi connectivity index (χ1) is 8.29. The molecule has 1 saturated heterocycles. The molecule has 1 aliphatic heterocycles. The number of rotatable bonds is 5. The van der Waals surface area contributed by atoms with Gasteiger partial charge < -0.3 is 9.47 Å². The van der Waals surface area contributed by atoms with Gasteiger partial charge in [0.25, 0.3) is 0 Å². The minimum Gasteiger partial charge on any atom is -0.376 e. The van der Waals surface area contributed by atoms with Crippen molar-refractivity contribution in [2.24, 2.45) is 0 Å². The topological polar surface area (TPSA) is 18.5 Å². The van der Waals surface area contributed by atoms with Crippen molar-refractivity contribution in [2.45, 2.75) is 32.0 Å². The number of benzene rings is 1. The maximum absolute atomic E-state index is 5.97. The van der Waals surface area contributed by atoms with E-state index in [1.807, 2.05) is 0 Å². The number of ether oxygens (including phenoxy) is 2. The van der Waals surface area contributed by atoms with Crippen LogP contribution in [0.5, 0.6) is 0 Å². The van der Waals surface area contributed by atoms with Gasteiger partial charge in [0.05, 0.1) is 18.8 Å². The van der Waals surface area contributed by atoms with Crippen LogP contribution in [-0.4, -0.2) is 23.7 Å². The van der Waals surface area contributed by atoms with Gasteiger partial charge in [0.2, 0.25) is 0 Å². The van der Waals surface area contributed by atoms with E-state index in [9.17, 15) is 0 Å². The molecule has 1 aromatic rings. The van der Waals surface area contributed by atoms with E-state index in [2.05, 4.69) is 53.8 Å². The first-order valence-corrected chi connectivity index (χ1v) is 7.68. The molecule has 2 unspecified atom stereocenters. The predicted molar refractivity (Wildman–Crippen MR) is 77.7 cm³/mol. The van der Waals surface area contributed by atoms with Crippen molar-refractivity contribution in [1.29, 1.82) is 0 Å². The molecule has 0 saturated carbocycles. The second-order valence-corrected chi connectivity index (χ2v) is 5.40. The zero-order chi connectivity index (χ0) is 12.1. The normalized spacial score (nSPS) is 21.6. The molecule has 0 amide bonds. The monoisotopic (exact) mass is 346 g/mol. The van der Waals surface area contributed by atoms with Gasteiger partial charge in [0.1, 0.15) is 0 Å². The largest absolute Gasteiger partial charge is 0.376 e. The zero-order valence-electron chi connectivity index (χ0n) is 10.2. The van der Waals surface area contributed by atoms with Gasteiger partial charge in [-0.3, -0.25) is 0 Å². The van der Waals surface area contributed by atoms with Crippen LogP contribution in [0, 0.1) is 6.92 Å². The molecule has 0 spiro atoms. The van der Waals surface area contributed by atoms with Crippen molar-refractivity contribution in [1.82, 2.24) is 0 Å². The Kier molecular flexibility index (Phi) is 5.25. The number of halogens is 1. The molecule has 0 bridgehead atoms. The summed E-state index contributed by atoms with van der Waals surface area (Å²) in [7, 11) is 0. The summed E-state index contributed by atoms with van der Waals surface area (Å²) in [6.07, 6.45) is 2.82. The molecule has 2 rings (SSSR count). The highest BCUT2D eigenvalue weighted by atomic mass is 127. The van der Waals surface area contributed by atoms with Gasteiger partial charge >= 0.3 is 0 Å². The minimum atomic E-state index is 0.195. The smallest absolute Gasteiger partial charge is 0.0915 e. The highest BCUT2D eigenvalue weighted by Gasteiger charge is 2.18. The van der Waals surface area contributed by atoms with Gasteiger partial charge in [-0.2, -0.15) is 0 Å². The standard InChI is InChI=1S/C14H19IO2/c1-11-4-6-12(7-5-11)14(9-15)17-10-13-3-2-8-16-13/h4-7,13-14H,2-3,8-10H2,1H3. The lowest BCUT2D eigenvalue weighted by molar-refractivity contribution is -0.0122. The summed E-state index contributed by atoms with van der Waals surface area (Å²) in [5, 5.41) is 0. The van der Waals surface area contributed by atoms with Crippen LogP contribution >= 0.6 is 22.6 Å². The second-order valence-electron chi connectivity index (χ2n) is 4.52. The lowest BCUT2D eigenvalue weighted by atomic mass is 10.1. The molecule has 3 heteroatoms. The molecule has 0 N–H and O–H groups in total. The van der Waals surface area contributed by atoms with Crippen molar-refractivity contribution in [3.05, 3.63) is 35.4 Å². The van der Waals surface area contributed by atoms with Crippen LogP contribution in [0.4, 0.5) is 0 Å². The summed E-state index contributed by atoms with van der Waals surface area (Å²) < 4.78 is 12.5. The molecule has 1 aliphatic rings. The van der Waals surface area contributed by atoms with Crippen LogP contribution < -0.4 is 0 Å². The molecule has 1 aromatic carbocycles. The van der Waals surface area contributed by atoms with E-state index in [-0.39, 0.29) is 6.10 Å². The van der Waals surface area contributed by atoms with Gasteiger partial charge in [-0.25, -0.2) is 0 Å². The van der Waals surface area contributed by atoms with Crippen LogP contribution in [0.3, 0.4) is 0 Å². The van der Waals surface area contributed by atoms with Crippen molar-refractivity contribution in [2.75, 3.05) is 17.6 Å². The van der Waals surface area contributed by atoms with Gasteiger partial charge in [-0.05, 0) is 25.3 Å². The Morgan fingerprint density at radius 2 is 2.18 bits per heavy atom. The average molecular weight is 346 g/mol. The van der Waals surface area contributed by atoms with Gasteiger partial charge in [0, 0.05) is 11.0 Å². The summed E-state index contributed by atoms with van der Waals surface area (Å²) in [5.41, 5.74) is 2.56. The Balaban J connectivity index is 1.89. The molecule has 2 nitrogen and oxygen atoms in total. The number of hydrogen-bond acceptors (Lipinski definition) is 2. The lowest BCUT2D eigenvalue weighted by Gasteiger charge is -2.18. The van der Waals surface area contributed by atoms with E-state index in [1.165, 1.54) is 17.5 Å². The third-order valence-corrected chi connectivity index (χ3v) is 3.90. The Hall–Kier alpha value is -0.130. The van der Waals surface area contributed by atoms with Gasteiger partial charge in [0.15, 0.2) is 0 Å². The predicted octanol–water partition coefficient (Wildman–Crippen LogP) is 3.67. The molecule has 0 aliphatic carbocycles. The Bertz CT molecular complexity index is 331. The summed E-state index contributed by atoms with van der Waals surface area (Å²) in [6, 6.07) is 8.61. The van der Waals surface area contributed by atoms with Crippen LogP contribution in [0.15, 0.2) is 24.3 Å². The lowest BCUT2D eigenvalue weighted by Crippen LogP contribution is -2.17. The van der Waals surface area contributed by atoms with E-state index in [0.29, 0.717) is 6.10 Å². The highest BCUT2D eigenvalue weighted by Crippen LogP contribution is 2.22. The third kappa shape index (κ3) is 3.93. The van der Waals surface area contributed by atoms with Gasteiger partial charge in [-0.1, -0.05) is 52.4 Å². The molecule has 94 valence electrons. The first kappa shape index (κ1) is 13.3. The fourth-order valence-electron chi connectivity index (χ4n) is 2.01. The van der Waals surface area contributed by atoms with Gasteiger partial charge in [-0.15, -0.1) is 0 Å². The van der Waals surface area contributed by atoms with E-state index in [4.69, 9.17) is 9.47 Å². The Morgan fingerprint density at radius 1 is 1.41 bits per heavy atom. The maximum atomic E-state index is 5.97. The Morgan fingerprint density at radius 3 is 2.76 bits per heavy atom. The average Bonchev–Trinajstić information content (AvgIpc) is 2.85. The summed E-state index contributed by atoms with van der Waals surface area (Å²) in [6.45, 7) is 3.73. The van der Waals surface area contributed by atoms with Crippen LogP contribution in [0.2, 0.25) is 0 Å². The van der Waals surface area contributed by atoms with E-state index < -0.39 is 0 Å². The van der Waals surface area contributed by atoms with Crippen LogP contribution in [-0.2, 0) is 9.47 Å². The molecule has 17 heavy (non-hydrogen) atoms. The van der Waals surface area contributed by atoms with Crippen LogP contribution in [0.1, 0.15) is 30.1 Å². The maximum Gasteiger partial charge on any atom is 0.0915 e.